The van der Waals surface area contributed by atoms with Crippen LogP contribution in [0, 0.1) is 11.3 Å². The summed E-state index contributed by atoms with van der Waals surface area (Å²) in [6, 6.07) is 1.77. The second-order valence-corrected chi connectivity index (χ2v) is 5.37. The lowest BCUT2D eigenvalue weighted by Crippen LogP contribution is -2.60. The summed E-state index contributed by atoms with van der Waals surface area (Å²) in [5.41, 5.74) is 0.238. The Kier molecular flexibility index (Phi) is 5.85. The van der Waals surface area contributed by atoms with Gasteiger partial charge < -0.3 is 40.1 Å². The molecule has 1 aliphatic carbocycles. The van der Waals surface area contributed by atoms with Crippen molar-refractivity contribution in [1.82, 2.24) is 0 Å². The molecular weight excluding hydrogens is 310 g/mol. The SMILES string of the molecule is N#C/C=C1/C=C[C@@H](O)[C@H](O)[C@H]1O[C@H]1O[C@@H](CO)[C@H](O)[C@@H](O)[C@@H]1O. The van der Waals surface area contributed by atoms with Crippen molar-refractivity contribution in [3.05, 3.63) is 23.8 Å². The van der Waals surface area contributed by atoms with E-state index in [1.54, 1.807) is 6.07 Å². The van der Waals surface area contributed by atoms with Crippen molar-refractivity contribution in [2.45, 2.75) is 49.0 Å². The lowest BCUT2D eigenvalue weighted by molar-refractivity contribution is -0.314. The first-order chi connectivity index (χ1) is 10.9. The van der Waals surface area contributed by atoms with Crippen LogP contribution in [0.5, 0.6) is 0 Å². The molecule has 0 aromatic heterocycles. The van der Waals surface area contributed by atoms with E-state index in [9.17, 15) is 25.5 Å². The Bertz CT molecular complexity index is 513. The predicted octanol–water partition coefficient (Wildman–Crippen LogP) is -3.09. The molecule has 8 atom stereocenters. The zero-order valence-corrected chi connectivity index (χ0v) is 12.0. The van der Waals surface area contributed by atoms with E-state index >= 15 is 0 Å². The van der Waals surface area contributed by atoms with Gasteiger partial charge >= 0.3 is 0 Å². The molecular formula is C14H19NO8. The minimum atomic E-state index is -1.65. The van der Waals surface area contributed by atoms with Gasteiger partial charge in [-0.3, -0.25) is 0 Å². The normalized spacial score (nSPS) is 45.9. The van der Waals surface area contributed by atoms with Crippen LogP contribution < -0.4 is 0 Å². The highest BCUT2D eigenvalue weighted by Gasteiger charge is 2.46. The van der Waals surface area contributed by atoms with Crippen LogP contribution in [0.2, 0.25) is 0 Å². The highest BCUT2D eigenvalue weighted by molar-refractivity contribution is 5.34. The molecule has 6 N–H and O–H groups in total. The molecule has 128 valence electrons. The fraction of sp³-hybridized carbons (Fsp3) is 0.643. The molecule has 2 rings (SSSR count). The lowest BCUT2D eigenvalue weighted by atomic mass is 9.93. The van der Waals surface area contributed by atoms with Gasteiger partial charge in [0.25, 0.3) is 0 Å². The molecule has 0 saturated carbocycles. The summed E-state index contributed by atoms with van der Waals surface area (Å²) in [4.78, 5) is 0. The van der Waals surface area contributed by atoms with Gasteiger partial charge in [-0.05, 0) is 5.57 Å². The van der Waals surface area contributed by atoms with Crippen molar-refractivity contribution in [2.24, 2.45) is 0 Å². The zero-order valence-electron chi connectivity index (χ0n) is 12.0. The molecule has 0 aromatic carbocycles. The van der Waals surface area contributed by atoms with Crippen LogP contribution in [0.15, 0.2) is 23.8 Å². The maximum absolute atomic E-state index is 10.0. The van der Waals surface area contributed by atoms with E-state index in [4.69, 9.17) is 19.8 Å². The van der Waals surface area contributed by atoms with Crippen LogP contribution in [-0.4, -0.2) is 86.3 Å². The third-order valence-corrected chi connectivity index (χ3v) is 3.83. The smallest absolute Gasteiger partial charge is 0.187 e. The molecule has 9 heteroatoms. The summed E-state index contributed by atoms with van der Waals surface area (Å²) in [5.74, 6) is 0. The van der Waals surface area contributed by atoms with Gasteiger partial charge in [0.1, 0.15) is 42.7 Å². The maximum atomic E-state index is 10.0. The maximum Gasteiger partial charge on any atom is 0.187 e. The number of nitrogens with zero attached hydrogens (tertiary/aromatic N) is 1. The first-order valence-electron chi connectivity index (χ1n) is 7.00. The first-order valence-corrected chi connectivity index (χ1v) is 7.00. The standard InChI is InChI=1S/C14H19NO8/c15-4-3-6-1-2-7(17)9(18)13(6)23-14-12(21)11(20)10(19)8(5-16)22-14/h1-3,7-14,16-21H,5H2/b6-3-/t7-,8+,9+,10+,11-,12+,13+,14-/m1/s1. The molecule has 0 spiro atoms. The molecule has 0 unspecified atom stereocenters. The van der Waals surface area contributed by atoms with E-state index in [1.165, 1.54) is 12.2 Å². The third kappa shape index (κ3) is 3.60. The Morgan fingerprint density at radius 3 is 2.43 bits per heavy atom. The third-order valence-electron chi connectivity index (χ3n) is 3.83. The fourth-order valence-corrected chi connectivity index (χ4v) is 2.48. The molecule has 9 nitrogen and oxygen atoms in total. The summed E-state index contributed by atoms with van der Waals surface area (Å²) in [6.45, 7) is -0.624. The number of ether oxygens (including phenoxy) is 2. The summed E-state index contributed by atoms with van der Waals surface area (Å²) >= 11 is 0. The summed E-state index contributed by atoms with van der Waals surface area (Å²) in [7, 11) is 0. The van der Waals surface area contributed by atoms with Crippen LogP contribution in [0.1, 0.15) is 0 Å². The monoisotopic (exact) mass is 329 g/mol. The zero-order chi connectivity index (χ0) is 17.1. The van der Waals surface area contributed by atoms with Crippen LogP contribution in [0.4, 0.5) is 0 Å². The lowest BCUT2D eigenvalue weighted by Gasteiger charge is -2.42. The van der Waals surface area contributed by atoms with Crippen molar-refractivity contribution in [3.63, 3.8) is 0 Å². The van der Waals surface area contributed by atoms with E-state index in [1.807, 2.05) is 0 Å². The van der Waals surface area contributed by atoms with Gasteiger partial charge in [-0.15, -0.1) is 0 Å². The summed E-state index contributed by atoms with van der Waals surface area (Å²) < 4.78 is 10.6. The van der Waals surface area contributed by atoms with Crippen molar-refractivity contribution in [2.75, 3.05) is 6.61 Å². The Labute approximate surface area is 131 Å². The molecule has 0 bridgehead atoms. The van der Waals surface area contributed by atoms with Gasteiger partial charge in [-0.1, -0.05) is 12.2 Å². The second kappa shape index (κ2) is 7.48. The van der Waals surface area contributed by atoms with E-state index < -0.39 is 55.6 Å². The Balaban J connectivity index is 2.20. The number of nitriles is 1. The molecule has 0 amide bonds. The minimum absolute atomic E-state index is 0.238. The number of allylic oxidation sites excluding steroid dienone is 1. The fourth-order valence-electron chi connectivity index (χ4n) is 2.48. The summed E-state index contributed by atoms with van der Waals surface area (Å²) in [6.07, 6.45) is -7.57. The average Bonchev–Trinajstić information content (AvgIpc) is 2.54. The van der Waals surface area contributed by atoms with Crippen LogP contribution >= 0.6 is 0 Å². The second-order valence-electron chi connectivity index (χ2n) is 5.37. The number of aliphatic hydroxyl groups excluding tert-OH is 6. The molecule has 1 heterocycles. The minimum Gasteiger partial charge on any atom is -0.394 e. The van der Waals surface area contributed by atoms with E-state index in [0.717, 1.165) is 6.08 Å². The largest absolute Gasteiger partial charge is 0.394 e. The van der Waals surface area contributed by atoms with Gasteiger partial charge in [-0.25, -0.2) is 0 Å². The number of hydrogen-bond acceptors (Lipinski definition) is 9. The molecule has 23 heavy (non-hydrogen) atoms. The number of hydrogen-bond donors (Lipinski definition) is 6. The Morgan fingerprint density at radius 2 is 1.83 bits per heavy atom. The van der Waals surface area contributed by atoms with E-state index in [2.05, 4.69) is 0 Å². The quantitative estimate of drug-likeness (QED) is 0.294. The predicted molar refractivity (Wildman–Crippen MR) is 73.5 cm³/mol. The topological polar surface area (TPSA) is 164 Å². The molecule has 0 aromatic rings. The highest BCUT2D eigenvalue weighted by Crippen LogP contribution is 2.28. The number of aliphatic hydroxyl groups is 6. The van der Waals surface area contributed by atoms with Gasteiger partial charge in [0.15, 0.2) is 6.29 Å². The van der Waals surface area contributed by atoms with Gasteiger partial charge in [-0.2, -0.15) is 5.26 Å². The van der Waals surface area contributed by atoms with Crippen molar-refractivity contribution in [1.29, 1.82) is 5.26 Å². The summed E-state index contributed by atoms with van der Waals surface area (Å²) in [5, 5.41) is 66.9. The Morgan fingerprint density at radius 1 is 1.13 bits per heavy atom. The van der Waals surface area contributed by atoms with Gasteiger partial charge in [0.2, 0.25) is 0 Å². The molecule has 1 aliphatic heterocycles. The van der Waals surface area contributed by atoms with Crippen molar-refractivity contribution < 1.29 is 40.1 Å². The van der Waals surface area contributed by atoms with E-state index in [-0.39, 0.29) is 5.57 Å². The average molecular weight is 329 g/mol. The van der Waals surface area contributed by atoms with Crippen molar-refractivity contribution in [3.8, 4) is 6.07 Å². The van der Waals surface area contributed by atoms with Crippen LogP contribution in [0.3, 0.4) is 0 Å². The van der Waals surface area contributed by atoms with Crippen molar-refractivity contribution >= 4 is 0 Å². The van der Waals surface area contributed by atoms with E-state index in [0.29, 0.717) is 0 Å². The molecule has 1 saturated heterocycles. The molecule has 0 radical (unpaired) electrons. The van der Waals surface area contributed by atoms with Crippen LogP contribution in [0.25, 0.3) is 0 Å². The number of rotatable bonds is 3. The van der Waals surface area contributed by atoms with Gasteiger partial charge in [0.05, 0.1) is 12.7 Å². The molecule has 2 aliphatic rings. The highest BCUT2D eigenvalue weighted by atomic mass is 16.7. The van der Waals surface area contributed by atoms with Crippen LogP contribution in [-0.2, 0) is 9.47 Å². The Hall–Kier alpha value is -1.35. The first kappa shape index (κ1) is 18.0. The molecule has 1 fully saturated rings. The van der Waals surface area contributed by atoms with Gasteiger partial charge in [0, 0.05) is 6.08 Å².